The first-order valence-corrected chi connectivity index (χ1v) is 3.67. The van der Waals surface area contributed by atoms with E-state index in [1.54, 1.807) is 0 Å². The number of rotatable bonds is 3. The predicted octanol–water partition coefficient (Wildman–Crippen LogP) is 0.329. The standard InChI is InChI=1S/C7H4F6O4/c8-6(9,10)5(7(11,12)13)17-4(16)2-1-3(14)15/h1-2,5H,(H,14,15)/p-1/b2-1+. The van der Waals surface area contributed by atoms with Crippen LogP contribution in [0.1, 0.15) is 0 Å². The van der Waals surface area contributed by atoms with Crippen LogP contribution >= 0.6 is 0 Å². The summed E-state index contributed by atoms with van der Waals surface area (Å²) in [6.07, 6.45) is -16.2. The maximum absolute atomic E-state index is 11.8. The molecule has 10 heteroatoms. The Morgan fingerprint density at radius 1 is 1.00 bits per heavy atom. The van der Waals surface area contributed by atoms with Gasteiger partial charge in [0.25, 0.3) is 6.10 Å². The minimum atomic E-state index is -5.84. The summed E-state index contributed by atoms with van der Waals surface area (Å²) < 4.78 is 74.0. The van der Waals surface area contributed by atoms with E-state index in [1.807, 2.05) is 0 Å². The Bertz CT molecular complexity index is 314. The fraction of sp³-hybridized carbons (Fsp3) is 0.429. The average molecular weight is 265 g/mol. The Morgan fingerprint density at radius 2 is 1.41 bits per heavy atom. The normalized spacial score (nSPS) is 13.1. The molecule has 98 valence electrons. The second kappa shape index (κ2) is 5.06. The number of carboxylic acids is 1. The molecule has 0 aromatic heterocycles. The van der Waals surface area contributed by atoms with Crippen LogP contribution in [0.15, 0.2) is 12.2 Å². The summed E-state index contributed by atoms with van der Waals surface area (Å²) in [5.41, 5.74) is 0. The number of halogens is 6. The summed E-state index contributed by atoms with van der Waals surface area (Å²) in [4.78, 5) is 20.2. The van der Waals surface area contributed by atoms with Gasteiger partial charge in [-0.1, -0.05) is 0 Å². The van der Waals surface area contributed by atoms with Gasteiger partial charge in [0.15, 0.2) is 0 Å². The maximum Gasteiger partial charge on any atom is 0.434 e. The highest BCUT2D eigenvalue weighted by Crippen LogP contribution is 2.35. The molecule has 0 aromatic carbocycles. The van der Waals surface area contributed by atoms with E-state index in [2.05, 4.69) is 4.74 Å². The van der Waals surface area contributed by atoms with Crippen LogP contribution in [0.4, 0.5) is 26.3 Å². The van der Waals surface area contributed by atoms with Gasteiger partial charge in [-0.3, -0.25) is 0 Å². The van der Waals surface area contributed by atoms with Crippen LogP contribution in [-0.4, -0.2) is 30.4 Å². The van der Waals surface area contributed by atoms with Crippen molar-refractivity contribution < 1.29 is 45.8 Å². The minimum absolute atomic E-state index is 0.0634. The molecular weight excluding hydrogens is 262 g/mol. The third-order valence-electron chi connectivity index (χ3n) is 1.18. The molecule has 0 aromatic rings. The molecule has 0 aliphatic heterocycles. The quantitative estimate of drug-likeness (QED) is 0.419. The van der Waals surface area contributed by atoms with Crippen molar-refractivity contribution >= 4 is 11.9 Å². The summed E-state index contributed by atoms with van der Waals surface area (Å²) in [7, 11) is 0. The van der Waals surface area contributed by atoms with Gasteiger partial charge in [0, 0.05) is 6.08 Å². The monoisotopic (exact) mass is 265 g/mol. The second-order valence-electron chi connectivity index (χ2n) is 2.55. The van der Waals surface area contributed by atoms with Crippen molar-refractivity contribution in [2.45, 2.75) is 18.5 Å². The molecule has 0 aliphatic rings. The van der Waals surface area contributed by atoms with Gasteiger partial charge in [-0.05, 0) is 6.08 Å². The number of esters is 1. The number of carbonyl (C=O) groups excluding carboxylic acids is 2. The molecule has 0 saturated carbocycles. The van der Waals surface area contributed by atoms with Gasteiger partial charge in [0.1, 0.15) is 0 Å². The van der Waals surface area contributed by atoms with Gasteiger partial charge in [-0.25, -0.2) is 4.79 Å². The third kappa shape index (κ3) is 5.78. The third-order valence-corrected chi connectivity index (χ3v) is 1.18. The highest BCUT2D eigenvalue weighted by molar-refractivity contribution is 5.90. The molecule has 0 saturated heterocycles. The lowest BCUT2D eigenvalue weighted by Crippen LogP contribution is -2.45. The molecule has 0 bridgehead atoms. The smallest absolute Gasteiger partial charge is 0.434 e. The lowest BCUT2D eigenvalue weighted by molar-refractivity contribution is -0.312. The van der Waals surface area contributed by atoms with E-state index in [4.69, 9.17) is 0 Å². The topological polar surface area (TPSA) is 66.4 Å². The van der Waals surface area contributed by atoms with E-state index in [1.165, 1.54) is 0 Å². The highest BCUT2D eigenvalue weighted by atomic mass is 19.4. The summed E-state index contributed by atoms with van der Waals surface area (Å²) in [6.45, 7) is 0. The van der Waals surface area contributed by atoms with E-state index in [0.717, 1.165) is 0 Å². The minimum Gasteiger partial charge on any atom is -0.545 e. The van der Waals surface area contributed by atoms with Crippen LogP contribution in [0.25, 0.3) is 0 Å². The lowest BCUT2D eigenvalue weighted by atomic mass is 10.3. The fourth-order valence-electron chi connectivity index (χ4n) is 0.611. The molecule has 0 radical (unpaired) electrons. The zero-order valence-corrected chi connectivity index (χ0v) is 7.63. The van der Waals surface area contributed by atoms with Gasteiger partial charge in [0.05, 0.1) is 5.97 Å². The van der Waals surface area contributed by atoms with Crippen LogP contribution < -0.4 is 5.11 Å². The number of alkyl halides is 6. The van der Waals surface area contributed by atoms with Crippen molar-refractivity contribution in [1.82, 2.24) is 0 Å². The van der Waals surface area contributed by atoms with Crippen molar-refractivity contribution in [2.75, 3.05) is 0 Å². The molecule has 0 spiro atoms. The number of carbonyl (C=O) groups is 2. The molecule has 0 unspecified atom stereocenters. The van der Waals surface area contributed by atoms with E-state index in [9.17, 15) is 41.0 Å². The number of aliphatic carboxylic acids is 1. The fourth-order valence-corrected chi connectivity index (χ4v) is 0.611. The summed E-state index contributed by atoms with van der Waals surface area (Å²) in [6, 6.07) is 0. The van der Waals surface area contributed by atoms with E-state index in [-0.39, 0.29) is 12.2 Å². The van der Waals surface area contributed by atoms with E-state index >= 15 is 0 Å². The van der Waals surface area contributed by atoms with Crippen molar-refractivity contribution in [1.29, 1.82) is 0 Å². The summed E-state index contributed by atoms with van der Waals surface area (Å²) in [5.74, 6) is -4.08. The second-order valence-corrected chi connectivity index (χ2v) is 2.55. The molecule has 0 fully saturated rings. The Hall–Kier alpha value is -1.74. The van der Waals surface area contributed by atoms with Crippen molar-refractivity contribution in [2.24, 2.45) is 0 Å². The van der Waals surface area contributed by atoms with Gasteiger partial charge < -0.3 is 14.6 Å². The summed E-state index contributed by atoms with van der Waals surface area (Å²) >= 11 is 0. The highest BCUT2D eigenvalue weighted by Gasteiger charge is 2.59. The van der Waals surface area contributed by atoms with Crippen molar-refractivity contribution in [3.05, 3.63) is 12.2 Å². The van der Waals surface area contributed by atoms with Crippen molar-refractivity contribution in [3.63, 3.8) is 0 Å². The zero-order chi connectivity index (χ0) is 13.9. The molecule has 0 rings (SSSR count). The van der Waals surface area contributed by atoms with Crippen LogP contribution in [-0.2, 0) is 14.3 Å². The van der Waals surface area contributed by atoms with E-state index < -0.39 is 30.4 Å². The van der Waals surface area contributed by atoms with Crippen LogP contribution in [0.5, 0.6) is 0 Å². The molecule has 4 nitrogen and oxygen atoms in total. The Kier molecular flexibility index (Phi) is 4.54. The Balaban J connectivity index is 4.80. The number of hydrogen-bond donors (Lipinski definition) is 0. The lowest BCUT2D eigenvalue weighted by Gasteiger charge is -2.22. The molecule has 0 N–H and O–H groups in total. The zero-order valence-electron chi connectivity index (χ0n) is 7.63. The molecule has 0 amide bonds. The first-order chi connectivity index (χ1) is 7.44. The van der Waals surface area contributed by atoms with E-state index in [0.29, 0.717) is 0 Å². The van der Waals surface area contributed by atoms with Crippen molar-refractivity contribution in [3.8, 4) is 0 Å². The molecule has 0 heterocycles. The first-order valence-electron chi connectivity index (χ1n) is 3.67. The molecular formula is C7H3F6O4-. The summed E-state index contributed by atoms with van der Waals surface area (Å²) in [5, 5.41) is 9.73. The molecule has 0 aliphatic carbocycles. The average Bonchev–Trinajstić information content (AvgIpc) is 2.07. The Labute approximate surface area is 89.5 Å². The SMILES string of the molecule is O=C([O-])/C=C/C(=O)OC(C(F)(F)F)C(F)(F)F. The van der Waals surface area contributed by atoms with Gasteiger partial charge >= 0.3 is 18.3 Å². The maximum atomic E-state index is 11.8. The Morgan fingerprint density at radius 3 is 1.71 bits per heavy atom. The van der Waals surface area contributed by atoms with Gasteiger partial charge in [0.2, 0.25) is 0 Å². The first kappa shape index (κ1) is 15.3. The number of carboxylic acid groups (broad SMARTS) is 1. The molecule has 0 atom stereocenters. The largest absolute Gasteiger partial charge is 0.545 e. The van der Waals surface area contributed by atoms with Gasteiger partial charge in [-0.2, -0.15) is 26.3 Å². The van der Waals surface area contributed by atoms with Crippen LogP contribution in [0, 0.1) is 0 Å². The number of ether oxygens (including phenoxy) is 1. The van der Waals surface area contributed by atoms with Gasteiger partial charge in [-0.15, -0.1) is 0 Å². The van der Waals surface area contributed by atoms with Crippen LogP contribution in [0.2, 0.25) is 0 Å². The number of hydrogen-bond acceptors (Lipinski definition) is 4. The molecule has 17 heavy (non-hydrogen) atoms. The van der Waals surface area contributed by atoms with Crippen LogP contribution in [0.3, 0.4) is 0 Å². The predicted molar refractivity (Wildman–Crippen MR) is 36.1 cm³/mol.